The van der Waals surface area contributed by atoms with Crippen molar-refractivity contribution in [3.05, 3.63) is 60.2 Å². The van der Waals surface area contributed by atoms with E-state index in [1.807, 2.05) is 42.5 Å². The number of anilines is 1. The molecule has 0 aliphatic rings. The zero-order valence-corrected chi connectivity index (χ0v) is 12.9. The minimum Gasteiger partial charge on any atom is -0.497 e. The van der Waals surface area contributed by atoms with Crippen LogP contribution in [0.1, 0.15) is 24.9 Å². The van der Waals surface area contributed by atoms with Gasteiger partial charge in [-0.2, -0.15) is 0 Å². The number of nitrogens with zero attached hydrogens (tertiary/aromatic N) is 1. The fourth-order valence-electron chi connectivity index (χ4n) is 2.45. The van der Waals surface area contributed by atoms with Crippen LogP contribution in [0.2, 0.25) is 0 Å². The zero-order chi connectivity index (χ0) is 15.9. The number of hydrogen-bond acceptors (Lipinski definition) is 3. The van der Waals surface area contributed by atoms with Gasteiger partial charge in [0.15, 0.2) is 0 Å². The molecule has 2 aromatic carbocycles. The lowest BCUT2D eigenvalue weighted by atomic mass is 10.1. The number of carboxylic acids is 1. The Morgan fingerprint density at radius 1 is 1.14 bits per heavy atom. The predicted molar refractivity (Wildman–Crippen MR) is 87.4 cm³/mol. The van der Waals surface area contributed by atoms with Crippen LogP contribution in [0.3, 0.4) is 0 Å². The molecular formula is C18H21NO3. The lowest BCUT2D eigenvalue weighted by molar-refractivity contribution is -0.136. The Balaban J connectivity index is 2.26. The van der Waals surface area contributed by atoms with E-state index in [0.29, 0.717) is 6.54 Å². The van der Waals surface area contributed by atoms with Gasteiger partial charge in [-0.3, -0.25) is 4.79 Å². The maximum atomic E-state index is 10.9. The second kappa shape index (κ2) is 7.50. The molecule has 4 heteroatoms. The van der Waals surface area contributed by atoms with E-state index < -0.39 is 5.97 Å². The van der Waals surface area contributed by atoms with Gasteiger partial charge in [-0.05, 0) is 36.8 Å². The lowest BCUT2D eigenvalue weighted by Crippen LogP contribution is -2.29. The van der Waals surface area contributed by atoms with Crippen molar-refractivity contribution in [2.45, 2.75) is 19.4 Å². The Hall–Kier alpha value is -2.49. The summed E-state index contributed by atoms with van der Waals surface area (Å²) in [6.45, 7) is 2.54. The van der Waals surface area contributed by atoms with Crippen molar-refractivity contribution in [2.75, 3.05) is 18.6 Å². The van der Waals surface area contributed by atoms with E-state index in [0.717, 1.165) is 17.0 Å². The van der Waals surface area contributed by atoms with E-state index in [4.69, 9.17) is 9.84 Å². The van der Waals surface area contributed by atoms with Gasteiger partial charge < -0.3 is 14.7 Å². The molecule has 22 heavy (non-hydrogen) atoms. The highest BCUT2D eigenvalue weighted by molar-refractivity contribution is 5.68. The van der Waals surface area contributed by atoms with E-state index in [-0.39, 0.29) is 12.5 Å². The predicted octanol–water partition coefficient (Wildman–Crippen LogP) is 3.74. The highest BCUT2D eigenvalue weighted by Crippen LogP contribution is 2.28. The number of benzene rings is 2. The molecule has 0 aromatic heterocycles. The number of methoxy groups -OCH3 is 1. The summed E-state index contributed by atoms with van der Waals surface area (Å²) in [5.74, 6) is -0.00641. The Morgan fingerprint density at radius 3 is 2.32 bits per heavy atom. The summed E-state index contributed by atoms with van der Waals surface area (Å²) < 4.78 is 5.18. The number of carboxylic acid groups (broad SMARTS) is 1. The highest BCUT2D eigenvalue weighted by Gasteiger charge is 2.17. The van der Waals surface area contributed by atoms with Crippen LogP contribution < -0.4 is 9.64 Å². The molecule has 0 aliphatic heterocycles. The van der Waals surface area contributed by atoms with Crippen molar-refractivity contribution in [2.24, 2.45) is 0 Å². The van der Waals surface area contributed by atoms with E-state index in [1.165, 1.54) is 0 Å². The Labute approximate surface area is 131 Å². The van der Waals surface area contributed by atoms with Crippen LogP contribution in [0.5, 0.6) is 5.75 Å². The molecule has 2 rings (SSSR count). The number of ether oxygens (including phenoxy) is 1. The van der Waals surface area contributed by atoms with E-state index in [2.05, 4.69) is 24.0 Å². The topological polar surface area (TPSA) is 49.8 Å². The average Bonchev–Trinajstić information content (AvgIpc) is 2.56. The van der Waals surface area contributed by atoms with Crippen molar-refractivity contribution < 1.29 is 14.6 Å². The van der Waals surface area contributed by atoms with Crippen molar-refractivity contribution >= 4 is 11.7 Å². The summed E-state index contributed by atoms with van der Waals surface area (Å²) in [6.07, 6.45) is 0.100. The third kappa shape index (κ3) is 4.01. The molecule has 0 fully saturated rings. The summed E-state index contributed by atoms with van der Waals surface area (Å²) in [5.41, 5.74) is 2.14. The molecule has 4 nitrogen and oxygen atoms in total. The van der Waals surface area contributed by atoms with Gasteiger partial charge >= 0.3 is 5.97 Å². The molecule has 0 saturated heterocycles. The van der Waals surface area contributed by atoms with Crippen LogP contribution in [0.4, 0.5) is 5.69 Å². The monoisotopic (exact) mass is 299 g/mol. The summed E-state index contributed by atoms with van der Waals surface area (Å²) in [7, 11) is 1.63. The van der Waals surface area contributed by atoms with Crippen molar-refractivity contribution in [3.8, 4) is 5.75 Å². The first kappa shape index (κ1) is 15.9. The van der Waals surface area contributed by atoms with E-state index in [1.54, 1.807) is 7.11 Å². The van der Waals surface area contributed by atoms with Crippen molar-refractivity contribution in [3.63, 3.8) is 0 Å². The molecule has 0 heterocycles. The maximum Gasteiger partial charge on any atom is 0.305 e. The van der Waals surface area contributed by atoms with Gasteiger partial charge in [0.05, 0.1) is 19.6 Å². The molecular weight excluding hydrogens is 278 g/mol. The Kier molecular flexibility index (Phi) is 5.42. The number of aliphatic carboxylic acids is 1. The average molecular weight is 299 g/mol. The van der Waals surface area contributed by atoms with Crippen LogP contribution in [-0.4, -0.2) is 24.7 Å². The first-order valence-corrected chi connectivity index (χ1v) is 7.29. The summed E-state index contributed by atoms with van der Waals surface area (Å²) in [6, 6.07) is 17.9. The van der Waals surface area contributed by atoms with Crippen LogP contribution in [0, 0.1) is 0 Å². The van der Waals surface area contributed by atoms with Gasteiger partial charge in [0.2, 0.25) is 0 Å². The highest BCUT2D eigenvalue weighted by atomic mass is 16.5. The normalized spacial score (nSPS) is 11.7. The molecule has 0 aliphatic carbocycles. The molecule has 0 radical (unpaired) electrons. The van der Waals surface area contributed by atoms with Crippen LogP contribution >= 0.6 is 0 Å². The Morgan fingerprint density at radius 2 is 1.77 bits per heavy atom. The number of rotatable bonds is 7. The quantitative estimate of drug-likeness (QED) is 0.846. The fourth-order valence-corrected chi connectivity index (χ4v) is 2.45. The summed E-state index contributed by atoms with van der Waals surface area (Å²) in [5, 5.41) is 9.00. The van der Waals surface area contributed by atoms with Gasteiger partial charge in [-0.1, -0.05) is 30.3 Å². The van der Waals surface area contributed by atoms with Gasteiger partial charge in [0, 0.05) is 12.2 Å². The van der Waals surface area contributed by atoms with E-state index >= 15 is 0 Å². The Bertz CT molecular complexity index is 595. The summed E-state index contributed by atoms with van der Waals surface area (Å²) in [4.78, 5) is 13.0. The molecule has 1 N–H and O–H groups in total. The van der Waals surface area contributed by atoms with Crippen LogP contribution in [-0.2, 0) is 4.79 Å². The SMILES string of the molecule is COc1ccc(N(CCC(=O)O)C(C)c2ccccc2)cc1. The molecule has 0 bridgehead atoms. The fraction of sp³-hybridized carbons (Fsp3) is 0.278. The largest absolute Gasteiger partial charge is 0.497 e. The van der Waals surface area contributed by atoms with Gasteiger partial charge in [-0.15, -0.1) is 0 Å². The van der Waals surface area contributed by atoms with Crippen molar-refractivity contribution in [1.29, 1.82) is 0 Å². The third-order valence-electron chi connectivity index (χ3n) is 3.72. The smallest absolute Gasteiger partial charge is 0.305 e. The number of carbonyl (C=O) groups is 1. The molecule has 1 unspecified atom stereocenters. The van der Waals surface area contributed by atoms with Gasteiger partial charge in [0.25, 0.3) is 0 Å². The molecule has 0 saturated carbocycles. The van der Waals surface area contributed by atoms with Crippen LogP contribution in [0.15, 0.2) is 54.6 Å². The zero-order valence-electron chi connectivity index (χ0n) is 12.9. The summed E-state index contributed by atoms with van der Waals surface area (Å²) >= 11 is 0. The van der Waals surface area contributed by atoms with Gasteiger partial charge in [-0.25, -0.2) is 0 Å². The number of hydrogen-bond donors (Lipinski definition) is 1. The second-order valence-corrected chi connectivity index (χ2v) is 5.12. The molecule has 0 amide bonds. The molecule has 2 aromatic rings. The van der Waals surface area contributed by atoms with E-state index in [9.17, 15) is 4.79 Å². The van der Waals surface area contributed by atoms with Crippen LogP contribution in [0.25, 0.3) is 0 Å². The second-order valence-electron chi connectivity index (χ2n) is 5.12. The maximum absolute atomic E-state index is 10.9. The van der Waals surface area contributed by atoms with Crippen molar-refractivity contribution in [1.82, 2.24) is 0 Å². The standard InChI is InChI=1S/C18H21NO3/c1-14(15-6-4-3-5-7-15)19(13-12-18(20)21)16-8-10-17(22-2)11-9-16/h3-11,14H,12-13H2,1-2H3,(H,20,21). The minimum atomic E-state index is -0.793. The molecule has 1 atom stereocenters. The third-order valence-corrected chi connectivity index (χ3v) is 3.72. The van der Waals surface area contributed by atoms with Gasteiger partial charge in [0.1, 0.15) is 5.75 Å². The first-order valence-electron chi connectivity index (χ1n) is 7.29. The lowest BCUT2D eigenvalue weighted by Gasteiger charge is -2.31. The molecule has 116 valence electrons. The first-order chi connectivity index (χ1) is 10.6. The molecule has 0 spiro atoms. The minimum absolute atomic E-state index is 0.0916.